The Morgan fingerprint density at radius 3 is 2.29 bits per heavy atom. The van der Waals surface area contributed by atoms with Crippen molar-refractivity contribution in [2.45, 2.75) is 44.1 Å². The Kier molecular flexibility index (Phi) is 4.93. The van der Waals surface area contributed by atoms with Gasteiger partial charge in [-0.2, -0.15) is 0 Å². The van der Waals surface area contributed by atoms with Gasteiger partial charge >= 0.3 is 5.97 Å². The molecule has 98 valence electrons. The van der Waals surface area contributed by atoms with Gasteiger partial charge in [0.2, 0.25) is 5.91 Å². The van der Waals surface area contributed by atoms with E-state index >= 15 is 0 Å². The number of carbonyl (C=O) groups excluding carboxylic acids is 1. The van der Waals surface area contributed by atoms with Gasteiger partial charge in [-0.15, -0.1) is 0 Å². The molecule has 1 fully saturated rings. The lowest BCUT2D eigenvalue weighted by atomic mass is 9.79. The highest BCUT2D eigenvalue weighted by atomic mass is 16.4. The molecule has 5 nitrogen and oxygen atoms in total. The topological polar surface area (TPSA) is 69.6 Å². The number of nitrogens with one attached hydrogen (secondary N) is 1. The van der Waals surface area contributed by atoms with E-state index in [4.69, 9.17) is 5.11 Å². The van der Waals surface area contributed by atoms with Gasteiger partial charge in [-0.05, 0) is 26.9 Å². The summed E-state index contributed by atoms with van der Waals surface area (Å²) in [5.74, 6) is -0.921. The van der Waals surface area contributed by atoms with Crippen LogP contribution in [0.1, 0.15) is 38.5 Å². The van der Waals surface area contributed by atoms with E-state index in [1.807, 2.05) is 14.1 Å². The molecule has 1 aliphatic carbocycles. The van der Waals surface area contributed by atoms with Crippen molar-refractivity contribution in [2.75, 3.05) is 20.6 Å². The number of likely N-dealkylation sites (N-methyl/N-ethyl adjacent to an activating group) is 1. The smallest absolute Gasteiger partial charge is 0.305 e. The summed E-state index contributed by atoms with van der Waals surface area (Å²) in [4.78, 5) is 24.5. The standard InChI is InChI=1S/C12H22N2O3/c1-14(2)9-10(15)13-12(8-11(16)17)6-4-3-5-7-12/h3-9H2,1-2H3,(H,13,15)(H,16,17). The SMILES string of the molecule is CN(C)CC(=O)NC1(CC(=O)O)CCCCC1. The molecule has 0 atom stereocenters. The predicted octanol–water partition coefficient (Wildman–Crippen LogP) is 0.842. The van der Waals surface area contributed by atoms with Gasteiger partial charge < -0.3 is 15.3 Å². The molecule has 1 rings (SSSR count). The molecule has 0 heterocycles. The lowest BCUT2D eigenvalue weighted by Crippen LogP contribution is -2.53. The molecular weight excluding hydrogens is 220 g/mol. The average molecular weight is 242 g/mol. The lowest BCUT2D eigenvalue weighted by Gasteiger charge is -2.37. The van der Waals surface area contributed by atoms with E-state index < -0.39 is 11.5 Å². The molecule has 0 unspecified atom stereocenters. The summed E-state index contributed by atoms with van der Waals surface area (Å²) < 4.78 is 0. The quantitative estimate of drug-likeness (QED) is 0.749. The van der Waals surface area contributed by atoms with E-state index in [0.29, 0.717) is 6.54 Å². The van der Waals surface area contributed by atoms with Gasteiger partial charge in [0.05, 0.1) is 18.5 Å². The number of carbonyl (C=O) groups is 2. The number of amides is 1. The molecule has 0 radical (unpaired) electrons. The monoisotopic (exact) mass is 242 g/mol. The number of carboxylic acid groups (broad SMARTS) is 1. The highest BCUT2D eigenvalue weighted by Gasteiger charge is 2.35. The molecule has 0 saturated heterocycles. The number of hydrogen-bond acceptors (Lipinski definition) is 3. The first-order valence-electron chi connectivity index (χ1n) is 6.11. The number of carboxylic acids is 1. The highest BCUT2D eigenvalue weighted by Crippen LogP contribution is 2.31. The fourth-order valence-corrected chi connectivity index (χ4v) is 2.49. The Bertz CT molecular complexity index is 283. The third-order valence-electron chi connectivity index (χ3n) is 3.16. The molecule has 0 spiro atoms. The second kappa shape index (κ2) is 6.00. The molecule has 1 aliphatic rings. The van der Waals surface area contributed by atoms with E-state index in [1.165, 1.54) is 0 Å². The Morgan fingerprint density at radius 2 is 1.82 bits per heavy atom. The second-order valence-corrected chi connectivity index (χ2v) is 5.20. The van der Waals surface area contributed by atoms with Crippen molar-refractivity contribution in [3.05, 3.63) is 0 Å². The van der Waals surface area contributed by atoms with Crippen LogP contribution in [0, 0.1) is 0 Å². The molecule has 0 aliphatic heterocycles. The Hall–Kier alpha value is -1.10. The van der Waals surface area contributed by atoms with Crippen LogP contribution in [0.5, 0.6) is 0 Å². The van der Waals surface area contributed by atoms with Crippen LogP contribution in [-0.4, -0.2) is 48.1 Å². The van der Waals surface area contributed by atoms with Gasteiger partial charge in [0.15, 0.2) is 0 Å². The predicted molar refractivity (Wildman–Crippen MR) is 64.8 cm³/mol. The van der Waals surface area contributed by atoms with Crippen molar-refractivity contribution in [3.8, 4) is 0 Å². The Morgan fingerprint density at radius 1 is 1.24 bits per heavy atom. The summed E-state index contributed by atoms with van der Waals surface area (Å²) in [7, 11) is 3.65. The zero-order valence-electron chi connectivity index (χ0n) is 10.7. The summed E-state index contributed by atoms with van der Waals surface area (Å²) >= 11 is 0. The van der Waals surface area contributed by atoms with Crippen molar-refractivity contribution in [1.29, 1.82) is 0 Å². The maximum absolute atomic E-state index is 11.8. The van der Waals surface area contributed by atoms with Crippen LogP contribution >= 0.6 is 0 Å². The van der Waals surface area contributed by atoms with Crippen LogP contribution < -0.4 is 5.32 Å². The zero-order valence-corrected chi connectivity index (χ0v) is 10.7. The lowest BCUT2D eigenvalue weighted by molar-refractivity contribution is -0.139. The van der Waals surface area contributed by atoms with Crippen LogP contribution in [0.3, 0.4) is 0 Å². The first-order chi connectivity index (χ1) is 7.93. The molecule has 1 saturated carbocycles. The molecule has 1 amide bonds. The molecule has 0 aromatic rings. The molecule has 5 heteroatoms. The molecular formula is C12H22N2O3. The maximum Gasteiger partial charge on any atom is 0.305 e. The van der Waals surface area contributed by atoms with Crippen LogP contribution in [0.2, 0.25) is 0 Å². The van der Waals surface area contributed by atoms with Crippen molar-refractivity contribution in [3.63, 3.8) is 0 Å². The largest absolute Gasteiger partial charge is 0.481 e. The summed E-state index contributed by atoms with van der Waals surface area (Å²) in [6, 6.07) is 0. The van der Waals surface area contributed by atoms with Crippen molar-refractivity contribution in [1.82, 2.24) is 10.2 Å². The first kappa shape index (κ1) is 14.0. The van der Waals surface area contributed by atoms with E-state index in [1.54, 1.807) is 4.90 Å². The van der Waals surface area contributed by atoms with E-state index in [-0.39, 0.29) is 12.3 Å². The van der Waals surface area contributed by atoms with Crippen molar-refractivity contribution < 1.29 is 14.7 Å². The summed E-state index contributed by atoms with van der Waals surface area (Å²) in [6.07, 6.45) is 4.71. The third kappa shape index (κ3) is 4.73. The highest BCUT2D eigenvalue weighted by molar-refractivity contribution is 5.80. The fourth-order valence-electron chi connectivity index (χ4n) is 2.49. The molecule has 2 N–H and O–H groups in total. The minimum atomic E-state index is -0.836. The van der Waals surface area contributed by atoms with Gasteiger partial charge in [-0.25, -0.2) is 0 Å². The van der Waals surface area contributed by atoms with Gasteiger partial charge in [-0.3, -0.25) is 9.59 Å². The fraction of sp³-hybridized carbons (Fsp3) is 0.833. The number of nitrogens with zero attached hydrogens (tertiary/aromatic N) is 1. The Balaban J connectivity index is 2.62. The molecule has 0 bridgehead atoms. The first-order valence-corrected chi connectivity index (χ1v) is 6.11. The Labute approximate surface area is 102 Å². The molecule has 17 heavy (non-hydrogen) atoms. The zero-order chi connectivity index (χ0) is 12.9. The van der Waals surface area contributed by atoms with Crippen LogP contribution in [0.4, 0.5) is 0 Å². The van der Waals surface area contributed by atoms with Crippen LogP contribution in [0.15, 0.2) is 0 Å². The van der Waals surface area contributed by atoms with Gasteiger partial charge in [-0.1, -0.05) is 19.3 Å². The van der Waals surface area contributed by atoms with Gasteiger partial charge in [0.25, 0.3) is 0 Å². The van der Waals surface area contributed by atoms with Crippen LogP contribution in [-0.2, 0) is 9.59 Å². The van der Waals surface area contributed by atoms with E-state index in [9.17, 15) is 9.59 Å². The van der Waals surface area contributed by atoms with Crippen LogP contribution in [0.25, 0.3) is 0 Å². The summed E-state index contributed by atoms with van der Waals surface area (Å²) in [5.41, 5.74) is -0.517. The van der Waals surface area contributed by atoms with Gasteiger partial charge in [0, 0.05) is 0 Å². The minimum absolute atomic E-state index is 0.0339. The maximum atomic E-state index is 11.8. The van der Waals surface area contributed by atoms with E-state index in [0.717, 1.165) is 32.1 Å². The van der Waals surface area contributed by atoms with E-state index in [2.05, 4.69) is 5.32 Å². The minimum Gasteiger partial charge on any atom is -0.481 e. The molecule has 0 aromatic heterocycles. The second-order valence-electron chi connectivity index (χ2n) is 5.20. The summed E-state index contributed by atoms with van der Waals surface area (Å²) in [6.45, 7) is 0.307. The normalized spacial score (nSPS) is 19.0. The number of hydrogen-bond donors (Lipinski definition) is 2. The summed E-state index contributed by atoms with van der Waals surface area (Å²) in [5, 5.41) is 11.9. The third-order valence-corrected chi connectivity index (χ3v) is 3.16. The average Bonchev–Trinajstić information content (AvgIpc) is 2.15. The van der Waals surface area contributed by atoms with Gasteiger partial charge in [0.1, 0.15) is 0 Å². The van der Waals surface area contributed by atoms with Crippen molar-refractivity contribution >= 4 is 11.9 Å². The number of aliphatic carboxylic acids is 1. The van der Waals surface area contributed by atoms with Crippen molar-refractivity contribution in [2.24, 2.45) is 0 Å². The molecule has 0 aromatic carbocycles. The number of rotatable bonds is 5.